The van der Waals surface area contributed by atoms with E-state index < -0.39 is 0 Å². The van der Waals surface area contributed by atoms with Crippen molar-refractivity contribution in [2.45, 2.75) is 58.9 Å². The van der Waals surface area contributed by atoms with Gasteiger partial charge in [-0.3, -0.25) is 4.79 Å². The van der Waals surface area contributed by atoms with Crippen LogP contribution in [0, 0.1) is 0 Å². The summed E-state index contributed by atoms with van der Waals surface area (Å²) >= 11 is 0. The maximum Gasteiger partial charge on any atom is 0.248 e. The summed E-state index contributed by atoms with van der Waals surface area (Å²) in [4.78, 5) is 11.6. The van der Waals surface area contributed by atoms with Gasteiger partial charge in [0.25, 0.3) is 0 Å². The predicted octanol–water partition coefficient (Wildman–Crippen LogP) is 2.56. The lowest BCUT2D eigenvalue weighted by Crippen LogP contribution is -2.32. The molecular weight excluding hydrogens is 176 g/mol. The Morgan fingerprint density at radius 1 is 1.36 bits per heavy atom. The summed E-state index contributed by atoms with van der Waals surface area (Å²) in [6.07, 6.45) is 4.88. The molecule has 1 amide bonds. The zero-order valence-corrected chi connectivity index (χ0v) is 9.42. The van der Waals surface area contributed by atoms with Crippen molar-refractivity contribution in [3.63, 3.8) is 0 Å². The van der Waals surface area contributed by atoms with Crippen LogP contribution in [-0.4, -0.2) is 22.7 Å². The van der Waals surface area contributed by atoms with Gasteiger partial charge in [0.1, 0.15) is 0 Å². The second kappa shape index (κ2) is 5.13. The van der Waals surface area contributed by atoms with Gasteiger partial charge in [0.2, 0.25) is 5.91 Å². The predicted molar refractivity (Wildman–Crippen MR) is 58.2 cm³/mol. The number of hydrogen-bond acceptors (Lipinski definition) is 2. The Morgan fingerprint density at radius 3 is 2.29 bits per heavy atom. The summed E-state index contributed by atoms with van der Waals surface area (Å²) in [5.41, 5.74) is 0.951. The van der Waals surface area contributed by atoms with Crippen LogP contribution in [0.2, 0.25) is 0 Å². The van der Waals surface area contributed by atoms with Crippen LogP contribution in [0.15, 0.2) is 5.10 Å². The van der Waals surface area contributed by atoms with E-state index in [4.69, 9.17) is 0 Å². The first-order valence-corrected chi connectivity index (χ1v) is 5.55. The zero-order valence-electron chi connectivity index (χ0n) is 9.42. The Morgan fingerprint density at radius 2 is 1.93 bits per heavy atom. The molecule has 0 unspecified atom stereocenters. The molecule has 0 N–H and O–H groups in total. The van der Waals surface area contributed by atoms with Gasteiger partial charge in [0, 0.05) is 5.71 Å². The second-order valence-electron chi connectivity index (χ2n) is 3.98. The molecule has 0 aromatic rings. The minimum Gasteiger partial charge on any atom is -0.273 e. The lowest BCUT2D eigenvalue weighted by molar-refractivity contribution is -0.131. The fraction of sp³-hybridized carbons (Fsp3) is 0.818. The van der Waals surface area contributed by atoms with E-state index in [0.717, 1.165) is 31.4 Å². The van der Waals surface area contributed by atoms with Crippen LogP contribution in [0.1, 0.15) is 52.9 Å². The summed E-state index contributed by atoms with van der Waals surface area (Å²) in [5.74, 6) is 0.175. The van der Waals surface area contributed by atoms with Crippen LogP contribution in [0.5, 0.6) is 0 Å². The average molecular weight is 196 g/mol. The van der Waals surface area contributed by atoms with E-state index in [-0.39, 0.29) is 5.91 Å². The van der Waals surface area contributed by atoms with E-state index >= 15 is 0 Å². The molecule has 0 atom stereocenters. The first-order valence-electron chi connectivity index (χ1n) is 5.55. The number of rotatable bonds is 5. The first-order chi connectivity index (χ1) is 6.69. The first kappa shape index (κ1) is 11.2. The smallest absolute Gasteiger partial charge is 0.248 e. The molecule has 3 nitrogen and oxygen atoms in total. The van der Waals surface area contributed by atoms with E-state index in [2.05, 4.69) is 18.9 Å². The highest BCUT2D eigenvalue weighted by Gasteiger charge is 2.27. The molecule has 1 aliphatic heterocycles. The van der Waals surface area contributed by atoms with Crippen molar-refractivity contribution < 1.29 is 4.79 Å². The molecule has 0 fully saturated rings. The number of hydrogen-bond donors (Lipinski definition) is 0. The minimum atomic E-state index is 0.175. The van der Waals surface area contributed by atoms with Crippen LogP contribution in [-0.2, 0) is 4.79 Å². The summed E-state index contributed by atoms with van der Waals surface area (Å²) in [7, 11) is 0. The number of nitrogens with zero attached hydrogens (tertiary/aromatic N) is 2. The quantitative estimate of drug-likeness (QED) is 0.665. The Bertz CT molecular complexity index is 229. The highest BCUT2D eigenvalue weighted by molar-refractivity contribution is 6.03. The van der Waals surface area contributed by atoms with Crippen molar-refractivity contribution in [3.05, 3.63) is 0 Å². The average Bonchev–Trinajstić information content (AvgIpc) is 2.45. The molecule has 0 saturated carbocycles. The summed E-state index contributed by atoms with van der Waals surface area (Å²) in [6, 6.07) is 0.329. The van der Waals surface area contributed by atoms with Crippen molar-refractivity contribution >= 4 is 11.6 Å². The molecule has 1 heterocycles. The molecule has 0 aromatic carbocycles. The van der Waals surface area contributed by atoms with E-state index in [1.807, 2.05) is 6.92 Å². The third-order valence-corrected chi connectivity index (χ3v) is 2.53. The Kier molecular flexibility index (Phi) is 4.11. The van der Waals surface area contributed by atoms with Crippen molar-refractivity contribution in [1.82, 2.24) is 5.01 Å². The third kappa shape index (κ3) is 2.56. The lowest BCUT2D eigenvalue weighted by Gasteiger charge is -2.23. The Labute approximate surface area is 86.2 Å². The van der Waals surface area contributed by atoms with Gasteiger partial charge in [-0.25, -0.2) is 5.01 Å². The second-order valence-corrected chi connectivity index (χ2v) is 3.98. The van der Waals surface area contributed by atoms with Crippen molar-refractivity contribution in [2.24, 2.45) is 5.10 Å². The highest BCUT2D eigenvalue weighted by atomic mass is 16.2. The van der Waals surface area contributed by atoms with Crippen LogP contribution < -0.4 is 0 Å². The molecule has 14 heavy (non-hydrogen) atoms. The minimum absolute atomic E-state index is 0.175. The molecule has 3 heteroatoms. The fourth-order valence-corrected chi connectivity index (χ4v) is 1.92. The van der Waals surface area contributed by atoms with Gasteiger partial charge in [-0.1, -0.05) is 26.7 Å². The maximum atomic E-state index is 11.6. The molecular formula is C11H20N2O. The van der Waals surface area contributed by atoms with Crippen LogP contribution in [0.3, 0.4) is 0 Å². The topological polar surface area (TPSA) is 32.7 Å². The zero-order chi connectivity index (χ0) is 10.6. The molecule has 0 aliphatic carbocycles. The number of hydrazone groups is 1. The standard InChI is InChI=1S/C11H20N2O/c1-4-6-10(7-5-2)13-11(14)8-9(3)12-13/h10H,4-8H2,1-3H3. The van der Waals surface area contributed by atoms with E-state index in [9.17, 15) is 4.79 Å². The van der Waals surface area contributed by atoms with Crippen molar-refractivity contribution in [2.75, 3.05) is 0 Å². The van der Waals surface area contributed by atoms with Crippen LogP contribution in [0.25, 0.3) is 0 Å². The highest BCUT2D eigenvalue weighted by Crippen LogP contribution is 2.19. The number of amides is 1. The largest absolute Gasteiger partial charge is 0.273 e. The Hall–Kier alpha value is -0.860. The summed E-state index contributed by atoms with van der Waals surface area (Å²) in [5, 5.41) is 6.02. The molecule has 0 bridgehead atoms. The Balaban J connectivity index is 2.62. The van der Waals surface area contributed by atoms with Gasteiger partial charge >= 0.3 is 0 Å². The van der Waals surface area contributed by atoms with Crippen LogP contribution >= 0.6 is 0 Å². The van der Waals surface area contributed by atoms with Crippen LogP contribution in [0.4, 0.5) is 0 Å². The monoisotopic (exact) mass is 196 g/mol. The molecule has 0 radical (unpaired) electrons. The SMILES string of the molecule is CCCC(CCC)N1N=C(C)CC1=O. The molecule has 1 aliphatic rings. The number of carbonyl (C=O) groups excluding carboxylic acids is 1. The van der Waals surface area contributed by atoms with Crippen molar-refractivity contribution in [3.8, 4) is 0 Å². The van der Waals surface area contributed by atoms with Gasteiger partial charge < -0.3 is 0 Å². The molecule has 1 rings (SSSR count). The molecule has 0 aromatic heterocycles. The molecule has 80 valence electrons. The van der Waals surface area contributed by atoms with Gasteiger partial charge in [0.15, 0.2) is 0 Å². The van der Waals surface area contributed by atoms with Gasteiger partial charge in [-0.05, 0) is 19.8 Å². The molecule has 0 saturated heterocycles. The van der Waals surface area contributed by atoms with E-state index in [0.29, 0.717) is 12.5 Å². The van der Waals surface area contributed by atoms with E-state index in [1.54, 1.807) is 5.01 Å². The maximum absolute atomic E-state index is 11.6. The van der Waals surface area contributed by atoms with Crippen molar-refractivity contribution in [1.29, 1.82) is 0 Å². The van der Waals surface area contributed by atoms with Gasteiger partial charge in [-0.15, -0.1) is 0 Å². The fourth-order valence-electron chi connectivity index (χ4n) is 1.92. The number of carbonyl (C=O) groups is 1. The normalized spacial score (nSPS) is 16.7. The lowest BCUT2D eigenvalue weighted by atomic mass is 10.1. The van der Waals surface area contributed by atoms with Gasteiger partial charge in [0.05, 0.1) is 12.5 Å². The summed E-state index contributed by atoms with van der Waals surface area (Å²) < 4.78 is 0. The molecule has 0 spiro atoms. The van der Waals surface area contributed by atoms with Gasteiger partial charge in [-0.2, -0.15) is 5.10 Å². The van der Waals surface area contributed by atoms with E-state index in [1.165, 1.54) is 0 Å². The third-order valence-electron chi connectivity index (χ3n) is 2.53. The summed E-state index contributed by atoms with van der Waals surface area (Å²) in [6.45, 7) is 6.23.